The van der Waals surface area contributed by atoms with Crippen molar-refractivity contribution in [2.24, 2.45) is 0 Å². The van der Waals surface area contributed by atoms with Gasteiger partial charge in [0.1, 0.15) is 5.75 Å². The number of aromatic nitrogens is 2. The van der Waals surface area contributed by atoms with E-state index in [2.05, 4.69) is 15.5 Å². The van der Waals surface area contributed by atoms with Crippen LogP contribution in [0.15, 0.2) is 58.2 Å². The van der Waals surface area contributed by atoms with E-state index >= 15 is 0 Å². The van der Waals surface area contributed by atoms with Crippen molar-refractivity contribution in [2.75, 3.05) is 5.32 Å². The first-order chi connectivity index (χ1) is 13.0. The van der Waals surface area contributed by atoms with E-state index in [9.17, 15) is 4.79 Å². The van der Waals surface area contributed by atoms with Crippen molar-refractivity contribution in [3.05, 3.63) is 65.0 Å². The molecule has 1 atom stereocenters. The van der Waals surface area contributed by atoms with E-state index in [1.807, 2.05) is 31.2 Å². The molecule has 0 spiro atoms. The van der Waals surface area contributed by atoms with Gasteiger partial charge in [-0.3, -0.25) is 4.79 Å². The molecule has 140 valence electrons. The average molecular weight is 404 g/mol. The Morgan fingerprint density at radius 2 is 2.07 bits per heavy atom. The van der Waals surface area contributed by atoms with E-state index < -0.39 is 5.25 Å². The van der Waals surface area contributed by atoms with Gasteiger partial charge in [-0.25, -0.2) is 0 Å². The van der Waals surface area contributed by atoms with Gasteiger partial charge in [0.05, 0.1) is 16.0 Å². The molecule has 0 saturated carbocycles. The highest BCUT2D eigenvalue weighted by molar-refractivity contribution is 8.00. The van der Waals surface area contributed by atoms with Crippen LogP contribution < -0.4 is 10.1 Å². The van der Waals surface area contributed by atoms with E-state index in [0.29, 0.717) is 21.8 Å². The number of anilines is 1. The second-order valence-corrected chi connectivity index (χ2v) is 7.50. The highest BCUT2D eigenvalue weighted by Crippen LogP contribution is 2.25. The Labute approximate surface area is 166 Å². The first-order valence-electron chi connectivity index (χ1n) is 8.25. The maximum Gasteiger partial charge on any atom is 0.277 e. The van der Waals surface area contributed by atoms with Crippen molar-refractivity contribution in [3.8, 4) is 5.75 Å². The first kappa shape index (κ1) is 19.3. The molecule has 3 aromatic rings. The number of carbonyl (C=O) groups is 1. The van der Waals surface area contributed by atoms with Crippen molar-refractivity contribution in [3.63, 3.8) is 0 Å². The Kier molecular flexibility index (Phi) is 6.36. The number of nitrogens with one attached hydrogen (secondary N) is 1. The van der Waals surface area contributed by atoms with Crippen LogP contribution in [-0.2, 0) is 11.4 Å². The van der Waals surface area contributed by atoms with E-state index in [4.69, 9.17) is 20.8 Å². The number of hydrogen-bond donors (Lipinski definition) is 1. The Morgan fingerprint density at radius 3 is 2.85 bits per heavy atom. The Morgan fingerprint density at radius 1 is 1.26 bits per heavy atom. The number of thioether (sulfide) groups is 1. The standard InChI is InChI=1S/C19H18ClN3O3S/c1-12-6-5-7-14(10-12)25-11-17-22-23-19(26-17)27-13(2)18(24)21-16-9-4-3-8-15(16)20/h3-10,13H,11H2,1-2H3,(H,21,24)/t13-/m1/s1. The van der Waals surface area contributed by atoms with Crippen LogP contribution in [0.2, 0.25) is 5.02 Å². The summed E-state index contributed by atoms with van der Waals surface area (Å²) < 4.78 is 11.2. The van der Waals surface area contributed by atoms with Crippen molar-refractivity contribution < 1.29 is 13.9 Å². The molecule has 0 radical (unpaired) electrons. The number of nitrogens with zero attached hydrogens (tertiary/aromatic N) is 2. The third-order valence-electron chi connectivity index (χ3n) is 3.58. The summed E-state index contributed by atoms with van der Waals surface area (Å²) >= 11 is 7.23. The molecule has 0 aliphatic carbocycles. The van der Waals surface area contributed by atoms with Gasteiger partial charge in [-0.05, 0) is 43.7 Å². The second-order valence-electron chi connectivity index (χ2n) is 5.80. The maximum absolute atomic E-state index is 12.3. The van der Waals surface area contributed by atoms with Gasteiger partial charge in [0, 0.05) is 0 Å². The van der Waals surface area contributed by atoms with Crippen LogP contribution in [0.5, 0.6) is 5.75 Å². The summed E-state index contributed by atoms with van der Waals surface area (Å²) in [6.07, 6.45) is 0. The molecule has 1 amide bonds. The average Bonchev–Trinajstić information content (AvgIpc) is 3.09. The molecule has 0 aliphatic rings. The molecule has 27 heavy (non-hydrogen) atoms. The fraction of sp³-hybridized carbons (Fsp3) is 0.211. The lowest BCUT2D eigenvalue weighted by Crippen LogP contribution is -2.22. The number of carbonyl (C=O) groups excluding carboxylic acids is 1. The fourth-order valence-corrected chi connectivity index (χ4v) is 3.08. The number of halogens is 1. The second kappa shape index (κ2) is 8.92. The number of amides is 1. The first-order valence-corrected chi connectivity index (χ1v) is 9.51. The summed E-state index contributed by atoms with van der Waals surface area (Å²) in [7, 11) is 0. The Hall–Kier alpha value is -2.51. The number of hydrogen-bond acceptors (Lipinski definition) is 6. The van der Waals surface area contributed by atoms with Crippen LogP contribution >= 0.6 is 23.4 Å². The molecule has 3 rings (SSSR count). The summed E-state index contributed by atoms with van der Waals surface area (Å²) in [5.74, 6) is 0.872. The van der Waals surface area contributed by atoms with Crippen LogP contribution in [0.25, 0.3) is 0 Å². The summed E-state index contributed by atoms with van der Waals surface area (Å²) in [6, 6.07) is 14.8. The SMILES string of the molecule is Cc1cccc(OCc2nnc(S[C@H](C)C(=O)Nc3ccccc3Cl)o2)c1. The molecule has 0 bridgehead atoms. The topological polar surface area (TPSA) is 77.2 Å². The number of rotatable bonds is 7. The van der Waals surface area contributed by atoms with Gasteiger partial charge < -0.3 is 14.5 Å². The molecular formula is C19H18ClN3O3S. The quantitative estimate of drug-likeness (QED) is 0.574. The zero-order valence-corrected chi connectivity index (χ0v) is 16.4. The third kappa shape index (κ3) is 5.48. The van der Waals surface area contributed by atoms with Crippen molar-refractivity contribution in [1.82, 2.24) is 10.2 Å². The van der Waals surface area contributed by atoms with Gasteiger partial charge in [-0.2, -0.15) is 0 Å². The lowest BCUT2D eigenvalue weighted by molar-refractivity contribution is -0.115. The van der Waals surface area contributed by atoms with Crippen molar-refractivity contribution in [1.29, 1.82) is 0 Å². The molecule has 0 fully saturated rings. The molecular weight excluding hydrogens is 386 g/mol. The monoisotopic (exact) mass is 403 g/mol. The molecule has 1 N–H and O–H groups in total. The minimum atomic E-state index is -0.438. The van der Waals surface area contributed by atoms with Crippen LogP contribution in [0.4, 0.5) is 5.69 Å². The third-order valence-corrected chi connectivity index (χ3v) is 4.84. The van der Waals surface area contributed by atoms with Gasteiger partial charge >= 0.3 is 0 Å². The van der Waals surface area contributed by atoms with Crippen LogP contribution in [-0.4, -0.2) is 21.4 Å². The highest BCUT2D eigenvalue weighted by Gasteiger charge is 2.19. The maximum atomic E-state index is 12.3. The molecule has 0 saturated heterocycles. The van der Waals surface area contributed by atoms with E-state index in [0.717, 1.165) is 11.3 Å². The zero-order chi connectivity index (χ0) is 19.2. The normalized spacial score (nSPS) is 11.8. The smallest absolute Gasteiger partial charge is 0.277 e. The van der Waals surface area contributed by atoms with Gasteiger partial charge in [0.15, 0.2) is 6.61 Å². The molecule has 8 heteroatoms. The number of aryl methyl sites for hydroxylation is 1. The predicted octanol–water partition coefficient (Wildman–Crippen LogP) is 4.73. The molecule has 1 aromatic heterocycles. The lowest BCUT2D eigenvalue weighted by Gasteiger charge is -2.10. The lowest BCUT2D eigenvalue weighted by atomic mass is 10.2. The molecule has 1 heterocycles. The predicted molar refractivity (Wildman–Crippen MR) is 105 cm³/mol. The minimum absolute atomic E-state index is 0.164. The van der Waals surface area contributed by atoms with E-state index in [-0.39, 0.29) is 12.5 Å². The summed E-state index contributed by atoms with van der Waals surface area (Å²) in [5.41, 5.74) is 1.67. The van der Waals surface area contributed by atoms with Gasteiger partial charge in [-0.1, -0.05) is 47.6 Å². The Bertz CT molecular complexity index is 932. The number of benzene rings is 2. The summed E-state index contributed by atoms with van der Waals surface area (Å²) in [5, 5.41) is 11.0. The van der Waals surface area contributed by atoms with Crippen LogP contribution in [0.3, 0.4) is 0 Å². The number of ether oxygens (including phenoxy) is 1. The minimum Gasteiger partial charge on any atom is -0.484 e. The van der Waals surface area contributed by atoms with Crippen molar-refractivity contribution in [2.45, 2.75) is 30.9 Å². The largest absolute Gasteiger partial charge is 0.484 e. The highest BCUT2D eigenvalue weighted by atomic mass is 35.5. The Balaban J connectivity index is 1.53. The molecule has 0 aliphatic heterocycles. The summed E-state index contributed by atoms with van der Waals surface area (Å²) in [4.78, 5) is 12.3. The fourth-order valence-electron chi connectivity index (χ4n) is 2.20. The van der Waals surface area contributed by atoms with Gasteiger partial charge in [0.25, 0.3) is 11.1 Å². The van der Waals surface area contributed by atoms with E-state index in [1.165, 1.54) is 11.8 Å². The molecule has 0 unspecified atom stereocenters. The summed E-state index contributed by atoms with van der Waals surface area (Å²) in [6.45, 7) is 3.91. The van der Waals surface area contributed by atoms with Crippen molar-refractivity contribution >= 4 is 35.0 Å². The van der Waals surface area contributed by atoms with Gasteiger partial charge in [-0.15, -0.1) is 10.2 Å². The molecule has 6 nitrogen and oxygen atoms in total. The number of para-hydroxylation sites is 1. The van der Waals surface area contributed by atoms with E-state index in [1.54, 1.807) is 31.2 Å². The molecule has 2 aromatic carbocycles. The van der Waals surface area contributed by atoms with Crippen LogP contribution in [0.1, 0.15) is 18.4 Å². The zero-order valence-electron chi connectivity index (χ0n) is 14.8. The van der Waals surface area contributed by atoms with Crippen LogP contribution in [0, 0.1) is 6.92 Å². The van der Waals surface area contributed by atoms with Gasteiger partial charge in [0.2, 0.25) is 5.91 Å².